The summed E-state index contributed by atoms with van der Waals surface area (Å²) in [5.41, 5.74) is 10.5. The van der Waals surface area contributed by atoms with E-state index in [0.29, 0.717) is 19.6 Å². The third-order valence-electron chi connectivity index (χ3n) is 6.44. The number of H-pyrrole nitrogens is 1. The number of nitrogens with zero attached hydrogens (tertiary/aromatic N) is 3. The highest BCUT2D eigenvalue weighted by atomic mass is 16.5. The Kier molecular flexibility index (Phi) is 8.23. The van der Waals surface area contributed by atoms with Crippen LogP contribution in [0.15, 0.2) is 54.9 Å². The number of piperidine rings is 1. The maximum atomic E-state index is 13.7. The summed E-state index contributed by atoms with van der Waals surface area (Å²) in [6, 6.07) is 13.9. The van der Waals surface area contributed by atoms with Crippen molar-refractivity contribution < 1.29 is 9.53 Å². The van der Waals surface area contributed by atoms with Gasteiger partial charge in [0, 0.05) is 44.5 Å². The molecule has 0 bridgehead atoms. The molecule has 0 spiro atoms. The second-order valence-electron chi connectivity index (χ2n) is 8.82. The maximum absolute atomic E-state index is 13.7. The Balaban J connectivity index is 1.61. The van der Waals surface area contributed by atoms with Crippen molar-refractivity contribution in [2.45, 2.75) is 25.4 Å². The number of anilines is 2. The van der Waals surface area contributed by atoms with Crippen LogP contribution in [0.4, 0.5) is 16.2 Å². The minimum atomic E-state index is -0.113. The number of nitrogens with two attached hydrogens (primary N) is 1. The average Bonchev–Trinajstić information content (AvgIpc) is 3.43. The maximum Gasteiger partial charge on any atom is 0.322 e. The van der Waals surface area contributed by atoms with Gasteiger partial charge < -0.3 is 30.9 Å². The molecule has 3 aromatic rings. The summed E-state index contributed by atoms with van der Waals surface area (Å²) in [6.07, 6.45) is 5.47. The van der Waals surface area contributed by atoms with Gasteiger partial charge in [-0.05, 0) is 61.3 Å². The lowest BCUT2D eigenvalue weighted by atomic mass is 10.0. The number of carbonyl (C=O) groups excluding carboxylic acids is 1. The van der Waals surface area contributed by atoms with E-state index in [9.17, 15) is 4.79 Å². The Morgan fingerprint density at radius 1 is 1.20 bits per heavy atom. The summed E-state index contributed by atoms with van der Waals surface area (Å²) in [6.45, 7) is 3.48. The number of nitrogens with one attached hydrogen (secondary N) is 3. The lowest BCUT2D eigenvalue weighted by Gasteiger charge is -2.35. The summed E-state index contributed by atoms with van der Waals surface area (Å²) in [7, 11) is 3.64. The van der Waals surface area contributed by atoms with Crippen molar-refractivity contribution in [3.05, 3.63) is 60.4 Å². The Bertz CT molecular complexity index is 1100. The van der Waals surface area contributed by atoms with Crippen LogP contribution in [0.3, 0.4) is 0 Å². The molecule has 1 aliphatic rings. The SMILES string of the molecule is COc1cccc(CN(C(=O)Nc2ccc(-c3cn[nH]c3)cc2N(C)CCN)C2CCNCC2)c1. The fourth-order valence-corrected chi connectivity index (χ4v) is 4.50. The molecule has 1 fully saturated rings. The second kappa shape index (κ2) is 11.7. The van der Waals surface area contributed by atoms with Crippen LogP contribution in [0.1, 0.15) is 18.4 Å². The van der Waals surface area contributed by atoms with E-state index < -0.39 is 0 Å². The molecule has 9 nitrogen and oxygen atoms in total. The van der Waals surface area contributed by atoms with Crippen molar-refractivity contribution in [2.75, 3.05) is 50.6 Å². The summed E-state index contributed by atoms with van der Waals surface area (Å²) in [5, 5.41) is 13.5. The van der Waals surface area contributed by atoms with Gasteiger partial charge in [0.15, 0.2) is 0 Å². The number of benzene rings is 2. The van der Waals surface area contributed by atoms with Crippen LogP contribution in [-0.2, 0) is 6.54 Å². The molecule has 2 heterocycles. The van der Waals surface area contributed by atoms with Crippen molar-refractivity contribution in [2.24, 2.45) is 5.73 Å². The van der Waals surface area contributed by atoms with Crippen molar-refractivity contribution in [3.63, 3.8) is 0 Å². The third-order valence-corrected chi connectivity index (χ3v) is 6.44. The zero-order chi connectivity index (χ0) is 24.6. The quantitative estimate of drug-likeness (QED) is 0.376. The monoisotopic (exact) mass is 477 g/mol. The molecule has 2 aromatic carbocycles. The van der Waals surface area contributed by atoms with Crippen LogP contribution < -0.4 is 26.0 Å². The van der Waals surface area contributed by atoms with Crippen LogP contribution >= 0.6 is 0 Å². The fourth-order valence-electron chi connectivity index (χ4n) is 4.50. The number of ether oxygens (including phenoxy) is 1. The minimum Gasteiger partial charge on any atom is -0.497 e. The highest BCUT2D eigenvalue weighted by molar-refractivity contribution is 5.94. The molecule has 0 saturated carbocycles. The molecule has 0 radical (unpaired) electrons. The van der Waals surface area contributed by atoms with E-state index in [1.54, 1.807) is 13.3 Å². The van der Waals surface area contributed by atoms with Gasteiger partial charge in [-0.2, -0.15) is 5.10 Å². The normalized spacial score (nSPS) is 13.9. The van der Waals surface area contributed by atoms with Gasteiger partial charge >= 0.3 is 6.03 Å². The average molecular weight is 478 g/mol. The molecule has 2 amide bonds. The Morgan fingerprint density at radius 3 is 2.74 bits per heavy atom. The largest absolute Gasteiger partial charge is 0.497 e. The van der Waals surface area contributed by atoms with E-state index >= 15 is 0 Å². The number of urea groups is 1. The highest BCUT2D eigenvalue weighted by Crippen LogP contribution is 2.32. The standard InChI is InChI=1S/C26H35N7O2/c1-32(13-10-27)25-15-20(21-16-29-30-17-21)6-7-24(25)31-26(34)33(22-8-11-28-12-9-22)18-19-4-3-5-23(14-19)35-2/h3-7,14-17,22,28H,8-13,18,27H2,1-2H3,(H,29,30)(H,31,34). The van der Waals surface area contributed by atoms with Crippen LogP contribution in [-0.4, -0.2) is 67.5 Å². The van der Waals surface area contributed by atoms with Crippen LogP contribution in [0.2, 0.25) is 0 Å². The van der Waals surface area contributed by atoms with Crippen molar-refractivity contribution in [1.82, 2.24) is 20.4 Å². The smallest absolute Gasteiger partial charge is 0.322 e. The lowest BCUT2D eigenvalue weighted by molar-refractivity contribution is 0.166. The third kappa shape index (κ3) is 6.12. The van der Waals surface area contributed by atoms with Crippen molar-refractivity contribution in [3.8, 4) is 16.9 Å². The number of hydrogen-bond acceptors (Lipinski definition) is 6. The van der Waals surface area contributed by atoms with Gasteiger partial charge in [-0.15, -0.1) is 0 Å². The number of hydrogen-bond donors (Lipinski definition) is 4. The van der Waals surface area contributed by atoms with Gasteiger partial charge in [0.2, 0.25) is 0 Å². The van der Waals surface area contributed by atoms with E-state index in [0.717, 1.165) is 59.7 Å². The number of aromatic nitrogens is 2. The number of likely N-dealkylation sites (N-methyl/N-ethyl adjacent to an activating group) is 1. The minimum absolute atomic E-state index is 0.113. The predicted octanol–water partition coefficient (Wildman–Crippen LogP) is 3.27. The molecule has 5 N–H and O–H groups in total. The molecule has 0 atom stereocenters. The number of aromatic amines is 1. The molecular weight excluding hydrogens is 442 g/mol. The van der Waals surface area contributed by atoms with Crippen molar-refractivity contribution >= 4 is 17.4 Å². The number of rotatable bonds is 9. The number of carbonyl (C=O) groups is 1. The van der Waals surface area contributed by atoms with E-state index in [-0.39, 0.29) is 12.1 Å². The zero-order valence-corrected chi connectivity index (χ0v) is 20.5. The first-order chi connectivity index (χ1) is 17.1. The lowest BCUT2D eigenvalue weighted by Crippen LogP contribution is -2.47. The Hall–Kier alpha value is -3.56. The highest BCUT2D eigenvalue weighted by Gasteiger charge is 2.26. The van der Waals surface area contributed by atoms with E-state index in [1.807, 2.05) is 54.5 Å². The first-order valence-corrected chi connectivity index (χ1v) is 12.0. The van der Waals surface area contributed by atoms with Gasteiger partial charge in [0.1, 0.15) is 5.75 Å². The topological polar surface area (TPSA) is 112 Å². The molecule has 186 valence electrons. The van der Waals surface area contributed by atoms with Gasteiger partial charge in [-0.1, -0.05) is 18.2 Å². The molecule has 4 rings (SSSR count). The zero-order valence-electron chi connectivity index (χ0n) is 20.5. The Morgan fingerprint density at radius 2 is 2.03 bits per heavy atom. The second-order valence-corrected chi connectivity index (χ2v) is 8.82. The first kappa shape index (κ1) is 24.6. The van der Waals surface area contributed by atoms with E-state index in [4.69, 9.17) is 10.5 Å². The molecule has 1 aromatic heterocycles. The van der Waals surface area contributed by atoms with Crippen LogP contribution in [0.5, 0.6) is 5.75 Å². The van der Waals surface area contributed by atoms with Gasteiger partial charge in [-0.3, -0.25) is 5.10 Å². The van der Waals surface area contributed by atoms with Crippen LogP contribution in [0.25, 0.3) is 11.1 Å². The molecule has 1 saturated heterocycles. The molecular formula is C26H35N7O2. The molecule has 1 aliphatic heterocycles. The molecule has 9 heteroatoms. The van der Waals surface area contributed by atoms with E-state index in [1.165, 1.54) is 0 Å². The molecule has 0 unspecified atom stereocenters. The van der Waals surface area contributed by atoms with Gasteiger partial charge in [-0.25, -0.2) is 4.79 Å². The summed E-state index contributed by atoms with van der Waals surface area (Å²) in [5.74, 6) is 0.786. The molecule has 0 aliphatic carbocycles. The summed E-state index contributed by atoms with van der Waals surface area (Å²) < 4.78 is 5.39. The summed E-state index contributed by atoms with van der Waals surface area (Å²) in [4.78, 5) is 17.7. The van der Waals surface area contributed by atoms with Gasteiger partial charge in [0.25, 0.3) is 0 Å². The number of amides is 2. The Labute approximate surface area is 206 Å². The predicted molar refractivity (Wildman–Crippen MR) is 140 cm³/mol. The summed E-state index contributed by atoms with van der Waals surface area (Å²) >= 11 is 0. The van der Waals surface area contributed by atoms with Crippen LogP contribution in [0, 0.1) is 0 Å². The van der Waals surface area contributed by atoms with Gasteiger partial charge in [0.05, 0.1) is 24.7 Å². The fraction of sp³-hybridized carbons (Fsp3) is 0.385. The van der Waals surface area contributed by atoms with E-state index in [2.05, 4.69) is 31.8 Å². The van der Waals surface area contributed by atoms with Crippen molar-refractivity contribution in [1.29, 1.82) is 0 Å². The molecule has 35 heavy (non-hydrogen) atoms. The first-order valence-electron chi connectivity index (χ1n) is 12.0. The number of methoxy groups -OCH3 is 1.